The number of rotatable bonds is 3. The topological polar surface area (TPSA) is 22.0 Å². The molecule has 120 valence electrons. The van der Waals surface area contributed by atoms with E-state index in [9.17, 15) is 4.79 Å². The van der Waals surface area contributed by atoms with Crippen LogP contribution in [0.5, 0.6) is 0 Å². The predicted molar refractivity (Wildman–Crippen MR) is 97.0 cm³/mol. The first-order valence-electron chi connectivity index (χ1n) is 8.64. The van der Waals surface area contributed by atoms with Crippen LogP contribution in [0.3, 0.4) is 0 Å². The van der Waals surface area contributed by atoms with Crippen LogP contribution in [0.1, 0.15) is 45.6 Å². The van der Waals surface area contributed by atoms with Crippen molar-refractivity contribution in [3.8, 4) is 5.69 Å². The van der Waals surface area contributed by atoms with Gasteiger partial charge in [0.1, 0.15) is 0 Å². The van der Waals surface area contributed by atoms with Gasteiger partial charge in [0.15, 0.2) is 0 Å². The van der Waals surface area contributed by atoms with Gasteiger partial charge in [0.2, 0.25) is 5.78 Å². The number of ketones is 1. The van der Waals surface area contributed by atoms with Crippen molar-refractivity contribution in [2.24, 2.45) is 0 Å². The first-order valence-corrected chi connectivity index (χ1v) is 8.64. The minimum Gasteiger partial charge on any atom is -0.313 e. The normalized spacial score (nSPS) is 13.5. The Morgan fingerprint density at radius 2 is 1.62 bits per heavy atom. The van der Waals surface area contributed by atoms with E-state index in [0.717, 1.165) is 29.8 Å². The maximum Gasteiger partial charge on any atom is 0.210 e. The summed E-state index contributed by atoms with van der Waals surface area (Å²) in [6.45, 7) is 2.08. The number of carbonyl (C=O) groups excluding carboxylic acids is 1. The van der Waals surface area contributed by atoms with Crippen LogP contribution in [0.4, 0.5) is 0 Å². The molecule has 0 bridgehead atoms. The van der Waals surface area contributed by atoms with Gasteiger partial charge in [-0.15, -0.1) is 0 Å². The number of hydrogen-bond donors (Lipinski definition) is 0. The van der Waals surface area contributed by atoms with E-state index < -0.39 is 0 Å². The molecular formula is C22H21NO. The molecule has 0 N–H and O–H groups in total. The van der Waals surface area contributed by atoms with E-state index in [-0.39, 0.29) is 5.78 Å². The highest BCUT2D eigenvalue weighted by atomic mass is 16.1. The number of carbonyl (C=O) groups is 1. The van der Waals surface area contributed by atoms with Crippen LogP contribution < -0.4 is 0 Å². The van der Waals surface area contributed by atoms with Crippen LogP contribution in [0, 0.1) is 6.92 Å². The Labute approximate surface area is 142 Å². The molecule has 24 heavy (non-hydrogen) atoms. The second-order valence-corrected chi connectivity index (χ2v) is 6.59. The molecule has 1 aliphatic carbocycles. The maximum atomic E-state index is 13.2. The van der Waals surface area contributed by atoms with E-state index in [2.05, 4.69) is 42.0 Å². The fraction of sp³-hybridized carbons (Fsp3) is 0.227. The monoisotopic (exact) mass is 315 g/mol. The van der Waals surface area contributed by atoms with Crippen LogP contribution in [0.15, 0.2) is 60.8 Å². The summed E-state index contributed by atoms with van der Waals surface area (Å²) >= 11 is 0. The number of aromatic nitrogens is 1. The molecule has 0 spiro atoms. The van der Waals surface area contributed by atoms with E-state index in [1.165, 1.54) is 29.5 Å². The van der Waals surface area contributed by atoms with Gasteiger partial charge in [0.05, 0.1) is 5.69 Å². The van der Waals surface area contributed by atoms with Gasteiger partial charge in [-0.3, -0.25) is 4.79 Å². The quantitative estimate of drug-likeness (QED) is 0.630. The Bertz CT molecular complexity index is 872. The number of hydrogen-bond acceptors (Lipinski definition) is 1. The molecule has 1 heterocycles. The van der Waals surface area contributed by atoms with E-state index in [4.69, 9.17) is 0 Å². The van der Waals surface area contributed by atoms with Crippen LogP contribution >= 0.6 is 0 Å². The van der Waals surface area contributed by atoms with Crippen LogP contribution in [0.25, 0.3) is 5.69 Å². The average Bonchev–Trinajstić information content (AvgIpc) is 3.02. The zero-order valence-corrected chi connectivity index (χ0v) is 14.0. The molecule has 0 fully saturated rings. The Balaban J connectivity index is 1.89. The molecule has 0 aliphatic heterocycles. The summed E-state index contributed by atoms with van der Waals surface area (Å²) in [6.07, 6.45) is 6.63. The van der Waals surface area contributed by atoms with Gasteiger partial charge in [0, 0.05) is 17.4 Å². The van der Waals surface area contributed by atoms with Crippen molar-refractivity contribution >= 4 is 5.78 Å². The van der Waals surface area contributed by atoms with Gasteiger partial charge >= 0.3 is 0 Å². The summed E-state index contributed by atoms with van der Waals surface area (Å²) in [5.74, 6) is 0.124. The zero-order chi connectivity index (χ0) is 16.5. The summed E-state index contributed by atoms with van der Waals surface area (Å²) in [7, 11) is 0. The van der Waals surface area contributed by atoms with Crippen molar-refractivity contribution in [3.05, 3.63) is 88.7 Å². The van der Waals surface area contributed by atoms with Gasteiger partial charge < -0.3 is 4.57 Å². The van der Waals surface area contributed by atoms with Crippen molar-refractivity contribution in [1.82, 2.24) is 4.57 Å². The van der Waals surface area contributed by atoms with Crippen molar-refractivity contribution in [1.29, 1.82) is 0 Å². The summed E-state index contributed by atoms with van der Waals surface area (Å²) in [6, 6.07) is 18.0. The summed E-state index contributed by atoms with van der Waals surface area (Å²) < 4.78 is 2.10. The first-order chi connectivity index (χ1) is 11.7. The highest BCUT2D eigenvalue weighted by Crippen LogP contribution is 2.30. The maximum absolute atomic E-state index is 13.2. The van der Waals surface area contributed by atoms with Gasteiger partial charge in [-0.25, -0.2) is 0 Å². The van der Waals surface area contributed by atoms with E-state index >= 15 is 0 Å². The lowest BCUT2D eigenvalue weighted by Gasteiger charge is -2.14. The lowest BCUT2D eigenvalue weighted by atomic mass is 9.92. The zero-order valence-electron chi connectivity index (χ0n) is 14.0. The third-order valence-corrected chi connectivity index (χ3v) is 4.89. The van der Waals surface area contributed by atoms with E-state index in [0.29, 0.717) is 0 Å². The molecule has 0 saturated heterocycles. The molecule has 0 unspecified atom stereocenters. The Morgan fingerprint density at radius 3 is 2.38 bits per heavy atom. The minimum atomic E-state index is 0.124. The Kier molecular flexibility index (Phi) is 3.81. The van der Waals surface area contributed by atoms with Crippen LogP contribution in [0.2, 0.25) is 0 Å². The first kappa shape index (κ1) is 14.9. The van der Waals surface area contributed by atoms with Gasteiger partial charge in [0.25, 0.3) is 0 Å². The van der Waals surface area contributed by atoms with Crippen molar-refractivity contribution in [2.45, 2.75) is 32.6 Å². The van der Waals surface area contributed by atoms with E-state index in [1.54, 1.807) is 0 Å². The smallest absolute Gasteiger partial charge is 0.210 e. The number of aryl methyl sites for hydroxylation is 2. The summed E-state index contributed by atoms with van der Waals surface area (Å²) in [5.41, 5.74) is 6.48. The molecule has 2 nitrogen and oxygen atoms in total. The van der Waals surface area contributed by atoms with Crippen LogP contribution in [-0.2, 0) is 12.8 Å². The van der Waals surface area contributed by atoms with Crippen molar-refractivity contribution in [2.75, 3.05) is 0 Å². The third-order valence-electron chi connectivity index (χ3n) is 4.89. The Morgan fingerprint density at radius 1 is 0.917 bits per heavy atom. The highest BCUT2D eigenvalue weighted by molar-refractivity contribution is 6.09. The third kappa shape index (κ3) is 2.58. The number of fused-ring (bicyclic) bond motifs is 1. The minimum absolute atomic E-state index is 0.124. The predicted octanol–water partition coefficient (Wildman–Crippen LogP) is 4.90. The fourth-order valence-electron chi connectivity index (χ4n) is 3.59. The summed E-state index contributed by atoms with van der Waals surface area (Å²) in [5, 5.41) is 0. The Hall–Kier alpha value is -2.61. The average molecular weight is 315 g/mol. The highest BCUT2D eigenvalue weighted by Gasteiger charge is 2.24. The van der Waals surface area contributed by atoms with Gasteiger partial charge in [-0.2, -0.15) is 0 Å². The van der Waals surface area contributed by atoms with Crippen molar-refractivity contribution < 1.29 is 4.79 Å². The van der Waals surface area contributed by atoms with Crippen molar-refractivity contribution in [3.63, 3.8) is 0 Å². The summed E-state index contributed by atoms with van der Waals surface area (Å²) in [4.78, 5) is 13.2. The SMILES string of the molecule is Cc1ccc(-n2cc3c(c2C(=O)c2ccccc2)CCCC3)cc1. The van der Waals surface area contributed by atoms with Gasteiger partial charge in [-0.1, -0.05) is 48.0 Å². The molecule has 2 heteroatoms. The molecule has 0 saturated carbocycles. The lowest BCUT2D eigenvalue weighted by Crippen LogP contribution is -2.12. The molecule has 3 aromatic rings. The molecule has 2 aromatic carbocycles. The lowest BCUT2D eigenvalue weighted by molar-refractivity contribution is 0.103. The molecule has 0 atom stereocenters. The number of benzene rings is 2. The largest absolute Gasteiger partial charge is 0.313 e. The second kappa shape index (κ2) is 6.12. The second-order valence-electron chi connectivity index (χ2n) is 6.59. The molecule has 1 aliphatic rings. The molecule has 4 rings (SSSR count). The van der Waals surface area contributed by atoms with E-state index in [1.807, 2.05) is 30.3 Å². The molecular weight excluding hydrogens is 294 g/mol. The fourth-order valence-corrected chi connectivity index (χ4v) is 3.59. The standard InChI is InChI=1S/C22H21NO/c1-16-11-13-19(14-12-16)23-15-18-9-5-6-10-20(18)21(23)22(24)17-7-3-2-4-8-17/h2-4,7-8,11-15H,5-6,9-10H2,1H3. The molecule has 0 amide bonds. The number of nitrogens with zero attached hydrogens (tertiary/aromatic N) is 1. The molecule has 0 radical (unpaired) electrons. The van der Waals surface area contributed by atoms with Crippen LogP contribution in [-0.4, -0.2) is 10.4 Å². The molecule has 1 aromatic heterocycles. The van der Waals surface area contributed by atoms with Gasteiger partial charge in [-0.05, 0) is 55.9 Å².